The van der Waals surface area contributed by atoms with E-state index in [1.807, 2.05) is 0 Å². The monoisotopic (exact) mass is 398 g/mol. The van der Waals surface area contributed by atoms with Gasteiger partial charge in [-0.2, -0.15) is 0 Å². The number of carbonyl (C=O) groups is 2. The molecular weight excluding hydrogens is 375 g/mol. The van der Waals surface area contributed by atoms with Gasteiger partial charge in [-0.15, -0.1) is 0 Å². The first kappa shape index (κ1) is 19.3. The fraction of sp³-hybridized carbons (Fsp3) is 0.429. The third-order valence-corrected chi connectivity index (χ3v) is 5.48. The first-order valence-corrected chi connectivity index (χ1v) is 9.87. The normalized spacial score (nSPS) is 24.4. The summed E-state index contributed by atoms with van der Waals surface area (Å²) in [6.45, 7) is 0.321. The van der Waals surface area contributed by atoms with Crippen LogP contribution >= 0.6 is 0 Å². The second-order valence-corrected chi connectivity index (χ2v) is 7.53. The fourth-order valence-electron chi connectivity index (χ4n) is 3.91. The Morgan fingerprint density at radius 2 is 1.90 bits per heavy atom. The van der Waals surface area contributed by atoms with Crippen LogP contribution in [0, 0.1) is 11.7 Å². The number of nitrogens with zero attached hydrogens (tertiary/aromatic N) is 3. The predicted molar refractivity (Wildman–Crippen MR) is 104 cm³/mol. The molecule has 0 spiro atoms. The number of carbonyl (C=O) groups excluding carboxylic acids is 2. The summed E-state index contributed by atoms with van der Waals surface area (Å²) in [7, 11) is 0. The molecule has 1 atom stereocenters. The molecule has 152 valence electrons. The molecule has 2 aliphatic rings. The van der Waals surface area contributed by atoms with E-state index in [2.05, 4.69) is 15.3 Å². The molecule has 1 N–H and O–H groups in total. The highest BCUT2D eigenvalue weighted by molar-refractivity contribution is 6.00. The summed E-state index contributed by atoms with van der Waals surface area (Å²) >= 11 is 0. The van der Waals surface area contributed by atoms with Gasteiger partial charge in [0.2, 0.25) is 17.7 Å². The Labute approximate surface area is 168 Å². The van der Waals surface area contributed by atoms with Gasteiger partial charge < -0.3 is 15.0 Å². The highest BCUT2D eigenvalue weighted by Crippen LogP contribution is 2.27. The summed E-state index contributed by atoms with van der Waals surface area (Å²) in [5, 5.41) is 3.09. The number of halogens is 1. The lowest BCUT2D eigenvalue weighted by Crippen LogP contribution is -2.43. The van der Waals surface area contributed by atoms with Gasteiger partial charge in [-0.3, -0.25) is 14.6 Å². The molecule has 1 aliphatic carbocycles. The van der Waals surface area contributed by atoms with Gasteiger partial charge in [0, 0.05) is 37.1 Å². The molecule has 29 heavy (non-hydrogen) atoms. The molecule has 2 aromatic rings. The van der Waals surface area contributed by atoms with Crippen molar-refractivity contribution in [3.63, 3.8) is 0 Å². The standard InChI is InChI=1S/C21H23FN4O3/c22-15-1-5-17(6-2-15)26-13-14(11-20(26)27)21(28)25-16-3-7-18(8-4-16)29-19-12-23-9-10-24-19/h1-2,5-6,9-10,12,14,16,18H,3-4,7-8,11,13H2,(H,25,28). The SMILES string of the molecule is O=C(NC1CCC(Oc2cnccn2)CC1)C1CC(=O)N(c2ccc(F)cc2)C1. The van der Waals surface area contributed by atoms with Crippen LogP contribution in [0.5, 0.6) is 5.88 Å². The van der Waals surface area contributed by atoms with Crippen LogP contribution in [-0.2, 0) is 9.59 Å². The minimum atomic E-state index is -0.388. The van der Waals surface area contributed by atoms with E-state index in [4.69, 9.17) is 4.74 Å². The largest absolute Gasteiger partial charge is 0.473 e. The average molecular weight is 398 g/mol. The lowest BCUT2D eigenvalue weighted by Gasteiger charge is -2.29. The number of nitrogens with one attached hydrogen (secondary N) is 1. The number of hydrogen-bond acceptors (Lipinski definition) is 5. The first-order valence-electron chi connectivity index (χ1n) is 9.87. The summed E-state index contributed by atoms with van der Waals surface area (Å²) in [5.41, 5.74) is 0.619. The van der Waals surface area contributed by atoms with Crippen molar-refractivity contribution in [3.05, 3.63) is 48.7 Å². The van der Waals surface area contributed by atoms with Gasteiger partial charge in [0.1, 0.15) is 11.9 Å². The maximum atomic E-state index is 13.1. The van der Waals surface area contributed by atoms with Crippen LogP contribution in [0.4, 0.5) is 10.1 Å². The van der Waals surface area contributed by atoms with Crippen LogP contribution in [0.2, 0.25) is 0 Å². The molecule has 0 bridgehead atoms. The molecule has 1 aromatic carbocycles. The third-order valence-electron chi connectivity index (χ3n) is 5.48. The number of anilines is 1. The average Bonchev–Trinajstić information content (AvgIpc) is 3.13. The Morgan fingerprint density at radius 3 is 2.59 bits per heavy atom. The number of benzene rings is 1. The lowest BCUT2D eigenvalue weighted by atomic mass is 9.92. The van der Waals surface area contributed by atoms with E-state index in [-0.39, 0.29) is 42.1 Å². The second kappa shape index (κ2) is 8.55. The Hall–Kier alpha value is -3.03. The van der Waals surface area contributed by atoms with Crippen LogP contribution in [0.3, 0.4) is 0 Å². The third kappa shape index (κ3) is 4.70. The van der Waals surface area contributed by atoms with Crippen LogP contribution < -0.4 is 15.0 Å². The van der Waals surface area contributed by atoms with Crippen molar-refractivity contribution in [1.82, 2.24) is 15.3 Å². The summed E-state index contributed by atoms with van der Waals surface area (Å²) in [5.74, 6) is -0.431. The predicted octanol–water partition coefficient (Wildman–Crippen LogP) is 2.47. The summed E-state index contributed by atoms with van der Waals surface area (Å²) < 4.78 is 18.9. The van der Waals surface area contributed by atoms with Crippen molar-refractivity contribution < 1.29 is 18.7 Å². The van der Waals surface area contributed by atoms with Crippen molar-refractivity contribution in [1.29, 1.82) is 0 Å². The minimum Gasteiger partial charge on any atom is -0.473 e. The van der Waals surface area contributed by atoms with E-state index in [1.54, 1.807) is 35.6 Å². The van der Waals surface area contributed by atoms with Crippen molar-refractivity contribution in [2.24, 2.45) is 5.92 Å². The van der Waals surface area contributed by atoms with Gasteiger partial charge >= 0.3 is 0 Å². The highest BCUT2D eigenvalue weighted by Gasteiger charge is 2.36. The molecule has 2 heterocycles. The summed E-state index contributed by atoms with van der Waals surface area (Å²) in [4.78, 5) is 34.6. The Balaban J connectivity index is 1.26. The number of amides is 2. The van der Waals surface area contributed by atoms with Crippen molar-refractivity contribution in [2.75, 3.05) is 11.4 Å². The first-order chi connectivity index (χ1) is 14.1. The molecule has 1 saturated carbocycles. The van der Waals surface area contributed by atoms with Crippen molar-refractivity contribution in [2.45, 2.75) is 44.2 Å². The smallest absolute Gasteiger partial charge is 0.232 e. The molecular formula is C21H23FN4O3. The van der Waals surface area contributed by atoms with Gasteiger partial charge in [-0.05, 0) is 49.9 Å². The zero-order valence-corrected chi connectivity index (χ0v) is 16.0. The van der Waals surface area contributed by atoms with E-state index in [0.29, 0.717) is 18.1 Å². The minimum absolute atomic E-state index is 0.0712. The van der Waals surface area contributed by atoms with Gasteiger partial charge in [-0.25, -0.2) is 9.37 Å². The maximum absolute atomic E-state index is 13.1. The molecule has 1 aliphatic heterocycles. The quantitative estimate of drug-likeness (QED) is 0.837. The topological polar surface area (TPSA) is 84.4 Å². The number of rotatable bonds is 5. The van der Waals surface area contributed by atoms with Crippen LogP contribution in [0.15, 0.2) is 42.9 Å². The van der Waals surface area contributed by atoms with E-state index in [9.17, 15) is 14.0 Å². The molecule has 1 saturated heterocycles. The van der Waals surface area contributed by atoms with Crippen molar-refractivity contribution >= 4 is 17.5 Å². The number of ether oxygens (including phenoxy) is 1. The van der Waals surface area contributed by atoms with Crippen LogP contribution in [0.1, 0.15) is 32.1 Å². The van der Waals surface area contributed by atoms with Gasteiger partial charge in [-0.1, -0.05) is 0 Å². The Morgan fingerprint density at radius 1 is 1.14 bits per heavy atom. The van der Waals surface area contributed by atoms with Crippen molar-refractivity contribution in [3.8, 4) is 5.88 Å². The zero-order chi connectivity index (χ0) is 20.2. The Kier molecular flexibility index (Phi) is 5.69. The maximum Gasteiger partial charge on any atom is 0.232 e. The Bertz CT molecular complexity index is 854. The zero-order valence-electron chi connectivity index (χ0n) is 16.0. The molecule has 8 heteroatoms. The van der Waals surface area contributed by atoms with E-state index < -0.39 is 0 Å². The van der Waals surface area contributed by atoms with Crippen LogP contribution in [0.25, 0.3) is 0 Å². The fourth-order valence-corrected chi connectivity index (χ4v) is 3.91. The van der Waals surface area contributed by atoms with E-state index >= 15 is 0 Å². The molecule has 1 aromatic heterocycles. The number of aromatic nitrogens is 2. The molecule has 7 nitrogen and oxygen atoms in total. The van der Waals surface area contributed by atoms with Gasteiger partial charge in [0.15, 0.2) is 0 Å². The molecule has 2 fully saturated rings. The van der Waals surface area contributed by atoms with Gasteiger partial charge in [0.05, 0.1) is 12.1 Å². The van der Waals surface area contributed by atoms with Crippen LogP contribution in [-0.4, -0.2) is 40.5 Å². The second-order valence-electron chi connectivity index (χ2n) is 7.53. The molecule has 1 unspecified atom stereocenters. The van der Waals surface area contributed by atoms with E-state index in [0.717, 1.165) is 25.7 Å². The lowest BCUT2D eigenvalue weighted by molar-refractivity contribution is -0.127. The highest BCUT2D eigenvalue weighted by atomic mass is 19.1. The summed E-state index contributed by atoms with van der Waals surface area (Å²) in [6, 6.07) is 5.84. The van der Waals surface area contributed by atoms with Gasteiger partial charge in [0.25, 0.3) is 0 Å². The molecule has 4 rings (SSSR count). The summed E-state index contributed by atoms with van der Waals surface area (Å²) in [6.07, 6.45) is 8.33. The molecule has 0 radical (unpaired) electrons. The molecule has 2 amide bonds. The van der Waals surface area contributed by atoms with E-state index in [1.165, 1.54) is 12.1 Å². The number of hydrogen-bond donors (Lipinski definition) is 1.